The zero-order chi connectivity index (χ0) is 39.6. The van der Waals surface area contributed by atoms with E-state index in [1.165, 1.54) is 12.1 Å². The normalized spacial score (nSPS) is 10.9. The van der Waals surface area contributed by atoms with E-state index in [2.05, 4.69) is 103 Å². The number of halogens is 3. The minimum Gasteiger partial charge on any atom is -0.304 e. The Kier molecular flexibility index (Phi) is 11.3. The maximum Gasteiger partial charge on any atom is 0.0408 e. The van der Waals surface area contributed by atoms with E-state index in [1.807, 2.05) is 60.8 Å². The van der Waals surface area contributed by atoms with Gasteiger partial charge in [0.25, 0.3) is 0 Å². The van der Waals surface area contributed by atoms with Gasteiger partial charge in [0.1, 0.15) is 0 Å². The second-order valence-electron chi connectivity index (χ2n) is 14.1. The Labute approximate surface area is 355 Å². The monoisotopic (exact) mass is 947 g/mol. The van der Waals surface area contributed by atoms with Crippen molar-refractivity contribution in [2.45, 2.75) is 6.92 Å². The number of hydrogen-bond acceptors (Lipinski definition) is 2. The van der Waals surface area contributed by atoms with Crippen LogP contribution < -0.4 is 0 Å². The topological polar surface area (TPSA) is 25.8 Å². The molecule has 59 heavy (non-hydrogen) atoms. The Bertz CT molecular complexity index is 2910. The van der Waals surface area contributed by atoms with Gasteiger partial charge in [-0.05, 0) is 91.1 Å². The number of aryl methyl sites for hydroxylation is 1. The first kappa shape index (κ1) is 39.1. The van der Waals surface area contributed by atoms with Crippen LogP contribution in [0.2, 0.25) is 0 Å². The fourth-order valence-electron chi connectivity index (χ4n) is 7.49. The molecule has 6 heteroatoms. The smallest absolute Gasteiger partial charge is 0.0408 e. The van der Waals surface area contributed by atoms with E-state index in [1.54, 1.807) is 18.3 Å². The van der Waals surface area contributed by atoms with Crippen LogP contribution in [-0.2, 0) is 20.1 Å². The Morgan fingerprint density at radius 3 is 1.63 bits per heavy atom. The maximum absolute atomic E-state index is 14.6. The van der Waals surface area contributed by atoms with Crippen LogP contribution in [0, 0.1) is 36.5 Å². The van der Waals surface area contributed by atoms with Crippen LogP contribution in [0.25, 0.3) is 89.3 Å². The molecule has 0 aliphatic carbocycles. The molecule has 287 valence electrons. The fourth-order valence-corrected chi connectivity index (χ4v) is 7.49. The molecule has 2 nitrogen and oxygen atoms in total. The molecule has 0 aliphatic rings. The van der Waals surface area contributed by atoms with Gasteiger partial charge < -0.3 is 9.97 Å². The molecule has 0 aliphatic heterocycles. The molecule has 0 atom stereocenters. The molecule has 0 spiro atoms. The van der Waals surface area contributed by atoms with Crippen LogP contribution in [0.15, 0.2) is 182 Å². The minimum atomic E-state index is -0.709. The van der Waals surface area contributed by atoms with E-state index < -0.39 is 11.6 Å². The van der Waals surface area contributed by atoms with Crippen molar-refractivity contribution < 1.29 is 33.3 Å². The molecular weight excluding hydrogens is 914 g/mol. The summed E-state index contributed by atoms with van der Waals surface area (Å²) in [5, 5.41) is 0. The summed E-state index contributed by atoms with van der Waals surface area (Å²) >= 11 is 0. The molecule has 2 heterocycles. The number of hydrogen-bond donors (Lipinski definition) is 0. The summed E-state index contributed by atoms with van der Waals surface area (Å²) < 4.78 is 42.0. The third-order valence-corrected chi connectivity index (χ3v) is 10.3. The van der Waals surface area contributed by atoms with Crippen LogP contribution >= 0.6 is 0 Å². The van der Waals surface area contributed by atoms with E-state index in [0.717, 1.165) is 84.5 Å². The van der Waals surface area contributed by atoms with Crippen molar-refractivity contribution >= 4 is 0 Å². The van der Waals surface area contributed by atoms with Crippen molar-refractivity contribution in [1.82, 2.24) is 9.97 Å². The number of rotatable bonds is 8. The molecule has 0 fully saturated rings. The summed E-state index contributed by atoms with van der Waals surface area (Å²) in [5.74, 6) is -1.74. The Morgan fingerprint density at radius 1 is 0.407 bits per heavy atom. The standard InChI is InChI=1S/C53H33F3N2.Ir/c1-34-27-40(45-12-6-5-11-44(45)39-21-26-52(57-32-39)48-25-24-43(55)30-51(48)56)29-41(28-34)46-13-7-8-14-47(46)50-33-58-53(38-19-22-42(54)23-20-38)31-49(50)37-17-15-36(16-18-37)35-9-3-2-4-10-35;/h2-19,21-24,26-33H,1H3;/q-2;. The van der Waals surface area contributed by atoms with Crippen molar-refractivity contribution in [1.29, 1.82) is 0 Å². The third-order valence-electron chi connectivity index (χ3n) is 10.3. The average molecular weight is 947 g/mol. The van der Waals surface area contributed by atoms with Gasteiger partial charge in [-0.15, -0.1) is 42.0 Å². The van der Waals surface area contributed by atoms with Gasteiger partial charge in [0.2, 0.25) is 0 Å². The second-order valence-corrected chi connectivity index (χ2v) is 14.1. The zero-order valence-electron chi connectivity index (χ0n) is 31.7. The van der Waals surface area contributed by atoms with Gasteiger partial charge in [0.05, 0.1) is 0 Å². The molecule has 7 aromatic carbocycles. The summed E-state index contributed by atoms with van der Waals surface area (Å²) in [5.41, 5.74) is 15.2. The van der Waals surface area contributed by atoms with Crippen molar-refractivity contribution in [3.05, 3.63) is 217 Å². The Balaban J connectivity index is 0.00000484. The van der Waals surface area contributed by atoms with Crippen molar-refractivity contribution in [3.63, 3.8) is 0 Å². The molecule has 0 amide bonds. The van der Waals surface area contributed by atoms with Gasteiger partial charge in [-0.25, -0.2) is 0 Å². The SMILES string of the molecule is Cc1cc(-c2ccccc2-c2ccc(-c3[c-]cc(F)cc3F)nc2)cc(-c2ccccc2-c2cnc(-c3[c-]cc(F)cc3)cc2-c2ccc(-c3ccccc3)cc2)c1.[Ir]. The zero-order valence-corrected chi connectivity index (χ0v) is 34.1. The minimum absolute atomic E-state index is 0. The molecule has 1 radical (unpaired) electrons. The number of aromatic nitrogens is 2. The van der Waals surface area contributed by atoms with Gasteiger partial charge in [-0.2, -0.15) is 0 Å². The van der Waals surface area contributed by atoms with E-state index in [0.29, 0.717) is 17.0 Å². The molecule has 9 aromatic rings. The van der Waals surface area contributed by atoms with Crippen LogP contribution in [0.5, 0.6) is 0 Å². The second kappa shape index (κ2) is 17.0. The van der Waals surface area contributed by atoms with E-state index >= 15 is 0 Å². The molecule has 0 saturated carbocycles. The first-order chi connectivity index (χ1) is 28.4. The predicted octanol–water partition coefficient (Wildman–Crippen LogP) is 14.1. The fraction of sp³-hybridized carbons (Fsp3) is 0.0189. The van der Waals surface area contributed by atoms with Gasteiger partial charge >= 0.3 is 0 Å². The molecule has 0 N–H and O–H groups in total. The molecule has 0 unspecified atom stereocenters. The van der Waals surface area contributed by atoms with Crippen molar-refractivity contribution in [2.24, 2.45) is 0 Å². The summed E-state index contributed by atoms with van der Waals surface area (Å²) in [7, 11) is 0. The summed E-state index contributed by atoms with van der Waals surface area (Å²) in [4.78, 5) is 9.45. The average Bonchev–Trinajstić information content (AvgIpc) is 3.27. The molecule has 9 rings (SSSR count). The van der Waals surface area contributed by atoms with Crippen LogP contribution in [-0.4, -0.2) is 9.97 Å². The Hall–Kier alpha value is -6.72. The van der Waals surface area contributed by atoms with Crippen molar-refractivity contribution in [2.75, 3.05) is 0 Å². The van der Waals surface area contributed by atoms with Crippen LogP contribution in [0.4, 0.5) is 13.2 Å². The molecular formula is C53H33F3IrN2-2. The van der Waals surface area contributed by atoms with Crippen LogP contribution in [0.3, 0.4) is 0 Å². The summed E-state index contributed by atoms with van der Waals surface area (Å²) in [6.07, 6.45) is 3.62. The molecule has 2 aromatic heterocycles. The van der Waals surface area contributed by atoms with E-state index in [4.69, 9.17) is 4.98 Å². The Morgan fingerprint density at radius 2 is 0.983 bits per heavy atom. The van der Waals surface area contributed by atoms with E-state index in [9.17, 15) is 13.2 Å². The van der Waals surface area contributed by atoms with Crippen molar-refractivity contribution in [3.8, 4) is 89.3 Å². The first-order valence-corrected chi connectivity index (χ1v) is 18.9. The maximum atomic E-state index is 14.6. The largest absolute Gasteiger partial charge is 0.304 e. The van der Waals surface area contributed by atoms with Gasteiger partial charge in [-0.1, -0.05) is 145 Å². The van der Waals surface area contributed by atoms with Crippen LogP contribution in [0.1, 0.15) is 5.56 Å². The quantitative estimate of drug-likeness (QED) is 0.142. The van der Waals surface area contributed by atoms with Gasteiger partial charge in [-0.3, -0.25) is 13.2 Å². The number of benzene rings is 7. The van der Waals surface area contributed by atoms with Gasteiger partial charge in [0.15, 0.2) is 0 Å². The first-order valence-electron chi connectivity index (χ1n) is 18.9. The third kappa shape index (κ3) is 8.19. The molecule has 0 saturated heterocycles. The van der Waals surface area contributed by atoms with Gasteiger partial charge in [0, 0.05) is 55.5 Å². The summed E-state index contributed by atoms with van der Waals surface area (Å²) in [6, 6.07) is 59.7. The van der Waals surface area contributed by atoms with E-state index in [-0.39, 0.29) is 31.5 Å². The number of pyridine rings is 2. The predicted molar refractivity (Wildman–Crippen MR) is 228 cm³/mol. The summed E-state index contributed by atoms with van der Waals surface area (Å²) in [6.45, 7) is 2.09. The molecule has 0 bridgehead atoms. The number of nitrogens with zero attached hydrogens (tertiary/aromatic N) is 2.